The van der Waals surface area contributed by atoms with E-state index < -0.39 is 11.7 Å². The third-order valence-electron chi connectivity index (χ3n) is 4.55. The number of halogens is 4. The van der Waals surface area contributed by atoms with E-state index in [0.717, 1.165) is 17.8 Å². The van der Waals surface area contributed by atoms with E-state index in [0.29, 0.717) is 37.7 Å². The van der Waals surface area contributed by atoms with Crippen LogP contribution < -0.4 is 9.64 Å². The molecule has 2 heterocycles. The van der Waals surface area contributed by atoms with Crippen molar-refractivity contribution in [3.8, 4) is 5.75 Å². The lowest BCUT2D eigenvalue weighted by Gasteiger charge is -2.35. The number of amides is 1. The van der Waals surface area contributed by atoms with E-state index >= 15 is 0 Å². The van der Waals surface area contributed by atoms with Crippen LogP contribution in [0.25, 0.3) is 6.08 Å². The molecule has 0 atom stereocenters. The second kappa shape index (κ2) is 8.73. The molecule has 0 bridgehead atoms. The van der Waals surface area contributed by atoms with E-state index in [-0.39, 0.29) is 10.9 Å². The number of ether oxygens (including phenoxy) is 1. The van der Waals surface area contributed by atoms with Gasteiger partial charge in [0, 0.05) is 38.5 Å². The molecule has 29 heavy (non-hydrogen) atoms. The summed E-state index contributed by atoms with van der Waals surface area (Å²) in [5.41, 5.74) is -0.0418. The standard InChI is InChI=1S/C20H19ClF3N3O2/c1-29-16-4-2-3-14(11-16)5-6-18(28)26-7-9-27(10-8-26)19-17(21)12-15(13-25-19)20(22,23)24/h2-6,11-13H,7-10H2,1H3. The van der Waals surface area contributed by atoms with Crippen LogP contribution in [0.5, 0.6) is 5.75 Å². The lowest BCUT2D eigenvalue weighted by atomic mass is 10.2. The molecule has 3 rings (SSSR count). The first-order chi connectivity index (χ1) is 13.8. The summed E-state index contributed by atoms with van der Waals surface area (Å²) in [7, 11) is 1.57. The van der Waals surface area contributed by atoms with E-state index in [1.54, 1.807) is 23.0 Å². The van der Waals surface area contributed by atoms with Crippen molar-refractivity contribution in [1.29, 1.82) is 0 Å². The number of hydrogen-bond donors (Lipinski definition) is 0. The van der Waals surface area contributed by atoms with Crippen LogP contribution in [0.15, 0.2) is 42.6 Å². The highest BCUT2D eigenvalue weighted by Gasteiger charge is 2.32. The summed E-state index contributed by atoms with van der Waals surface area (Å²) in [6, 6.07) is 8.21. The van der Waals surface area contributed by atoms with Gasteiger partial charge >= 0.3 is 6.18 Å². The maximum Gasteiger partial charge on any atom is 0.417 e. The Hall–Kier alpha value is -2.74. The monoisotopic (exact) mass is 425 g/mol. The number of piperazine rings is 1. The van der Waals surface area contributed by atoms with E-state index in [9.17, 15) is 18.0 Å². The lowest BCUT2D eigenvalue weighted by molar-refractivity contribution is -0.137. The molecular weight excluding hydrogens is 407 g/mol. The Morgan fingerprint density at radius 2 is 1.93 bits per heavy atom. The highest BCUT2D eigenvalue weighted by Crippen LogP contribution is 2.33. The number of pyridine rings is 1. The molecule has 1 saturated heterocycles. The molecule has 0 spiro atoms. The molecule has 0 saturated carbocycles. The van der Waals surface area contributed by atoms with E-state index in [4.69, 9.17) is 16.3 Å². The number of rotatable bonds is 4. The van der Waals surface area contributed by atoms with Crippen LogP contribution in [0.2, 0.25) is 5.02 Å². The molecule has 0 radical (unpaired) electrons. The van der Waals surface area contributed by atoms with Crippen molar-refractivity contribution >= 4 is 29.4 Å². The van der Waals surface area contributed by atoms with Crippen molar-refractivity contribution in [3.63, 3.8) is 0 Å². The second-order valence-electron chi connectivity index (χ2n) is 6.45. The highest BCUT2D eigenvalue weighted by atomic mass is 35.5. The quantitative estimate of drug-likeness (QED) is 0.691. The zero-order valence-electron chi connectivity index (χ0n) is 15.6. The molecule has 9 heteroatoms. The third kappa shape index (κ3) is 5.20. The fraction of sp³-hybridized carbons (Fsp3) is 0.300. The molecule has 1 fully saturated rings. The topological polar surface area (TPSA) is 45.7 Å². The summed E-state index contributed by atoms with van der Waals surface area (Å²) < 4.78 is 43.4. The Morgan fingerprint density at radius 1 is 1.21 bits per heavy atom. The summed E-state index contributed by atoms with van der Waals surface area (Å²) >= 11 is 6.00. The van der Waals surface area contributed by atoms with Crippen molar-refractivity contribution in [2.24, 2.45) is 0 Å². The number of hydrogen-bond acceptors (Lipinski definition) is 4. The van der Waals surface area contributed by atoms with Crippen LogP contribution in [-0.4, -0.2) is 49.1 Å². The predicted octanol–water partition coefficient (Wildman–Crippen LogP) is 4.12. The van der Waals surface area contributed by atoms with Gasteiger partial charge in [-0.1, -0.05) is 23.7 Å². The fourth-order valence-electron chi connectivity index (χ4n) is 2.98. The summed E-state index contributed by atoms with van der Waals surface area (Å²) in [5.74, 6) is 0.853. The third-order valence-corrected chi connectivity index (χ3v) is 4.83. The summed E-state index contributed by atoms with van der Waals surface area (Å²) in [4.78, 5) is 19.7. The van der Waals surface area contributed by atoms with Crippen LogP contribution in [0, 0.1) is 0 Å². The number of alkyl halides is 3. The van der Waals surface area contributed by atoms with Gasteiger partial charge in [0.25, 0.3) is 0 Å². The molecule has 2 aromatic rings. The van der Waals surface area contributed by atoms with Gasteiger partial charge < -0.3 is 14.5 Å². The molecule has 1 aromatic carbocycles. The lowest BCUT2D eigenvalue weighted by Crippen LogP contribution is -2.48. The zero-order valence-corrected chi connectivity index (χ0v) is 16.4. The van der Waals surface area contributed by atoms with Gasteiger partial charge in [0.05, 0.1) is 17.7 Å². The molecule has 1 aliphatic rings. The molecule has 1 aromatic heterocycles. The first kappa shape index (κ1) is 21.0. The Morgan fingerprint density at radius 3 is 2.55 bits per heavy atom. The summed E-state index contributed by atoms with van der Waals surface area (Å²) in [6.45, 7) is 1.69. The summed E-state index contributed by atoms with van der Waals surface area (Å²) in [6.07, 6.45) is -0.510. The number of nitrogens with zero attached hydrogens (tertiary/aromatic N) is 3. The Labute approximate surface area is 171 Å². The van der Waals surface area contributed by atoms with Gasteiger partial charge in [-0.15, -0.1) is 0 Å². The molecular formula is C20H19ClF3N3O2. The van der Waals surface area contributed by atoms with Crippen molar-refractivity contribution < 1.29 is 22.7 Å². The Bertz CT molecular complexity index is 910. The SMILES string of the molecule is COc1cccc(C=CC(=O)N2CCN(c3ncc(C(F)(F)F)cc3Cl)CC2)c1. The van der Waals surface area contributed by atoms with Crippen molar-refractivity contribution in [2.45, 2.75) is 6.18 Å². The van der Waals surface area contributed by atoms with Crippen LogP contribution in [0.1, 0.15) is 11.1 Å². The largest absolute Gasteiger partial charge is 0.497 e. The van der Waals surface area contributed by atoms with Crippen LogP contribution in [0.3, 0.4) is 0 Å². The number of anilines is 1. The van der Waals surface area contributed by atoms with Gasteiger partial charge in [0.2, 0.25) is 5.91 Å². The Balaban J connectivity index is 1.60. The van der Waals surface area contributed by atoms with Crippen molar-refractivity contribution in [2.75, 3.05) is 38.2 Å². The number of aromatic nitrogens is 1. The molecule has 0 N–H and O–H groups in total. The number of methoxy groups -OCH3 is 1. The average Bonchev–Trinajstić information content (AvgIpc) is 2.71. The molecule has 154 valence electrons. The highest BCUT2D eigenvalue weighted by molar-refractivity contribution is 6.33. The van der Waals surface area contributed by atoms with Gasteiger partial charge in [-0.3, -0.25) is 4.79 Å². The average molecular weight is 426 g/mol. The van der Waals surface area contributed by atoms with Crippen molar-refractivity contribution in [3.05, 3.63) is 58.8 Å². The van der Waals surface area contributed by atoms with Gasteiger partial charge in [0.15, 0.2) is 0 Å². The Kier molecular flexibility index (Phi) is 6.32. The molecule has 0 aliphatic carbocycles. The molecule has 1 amide bonds. The van der Waals surface area contributed by atoms with Crippen LogP contribution in [-0.2, 0) is 11.0 Å². The molecule has 0 unspecified atom stereocenters. The van der Waals surface area contributed by atoms with Gasteiger partial charge in [0.1, 0.15) is 11.6 Å². The minimum Gasteiger partial charge on any atom is -0.497 e. The maximum absolute atomic E-state index is 12.7. The van der Waals surface area contributed by atoms with E-state index in [2.05, 4.69) is 4.98 Å². The predicted molar refractivity (Wildman–Crippen MR) is 105 cm³/mol. The van der Waals surface area contributed by atoms with E-state index in [1.807, 2.05) is 24.3 Å². The number of carbonyl (C=O) groups is 1. The summed E-state index contributed by atoms with van der Waals surface area (Å²) in [5, 5.41) is -0.0578. The van der Waals surface area contributed by atoms with Gasteiger partial charge in [-0.2, -0.15) is 13.2 Å². The smallest absolute Gasteiger partial charge is 0.417 e. The van der Waals surface area contributed by atoms with Gasteiger partial charge in [-0.25, -0.2) is 4.98 Å². The minimum absolute atomic E-state index is 0.0578. The molecule has 1 aliphatic heterocycles. The van der Waals surface area contributed by atoms with Crippen LogP contribution >= 0.6 is 11.6 Å². The normalized spacial score (nSPS) is 15.1. The minimum atomic E-state index is -4.49. The first-order valence-electron chi connectivity index (χ1n) is 8.86. The van der Waals surface area contributed by atoms with E-state index in [1.165, 1.54) is 6.08 Å². The number of carbonyl (C=O) groups excluding carboxylic acids is 1. The molecule has 5 nitrogen and oxygen atoms in total. The van der Waals surface area contributed by atoms with Crippen molar-refractivity contribution in [1.82, 2.24) is 9.88 Å². The fourth-order valence-corrected chi connectivity index (χ4v) is 3.26. The first-order valence-corrected chi connectivity index (χ1v) is 9.24. The number of benzene rings is 1. The zero-order chi connectivity index (χ0) is 21.0. The maximum atomic E-state index is 12.7. The van der Waals surface area contributed by atoms with Crippen LogP contribution in [0.4, 0.5) is 19.0 Å². The second-order valence-corrected chi connectivity index (χ2v) is 6.86. The van der Waals surface area contributed by atoms with Gasteiger partial charge in [-0.05, 0) is 29.8 Å².